The van der Waals surface area contributed by atoms with E-state index in [1.54, 1.807) is 12.1 Å². The van der Waals surface area contributed by atoms with Crippen LogP contribution in [-0.2, 0) is 23.1 Å². The molecule has 0 fully saturated rings. The Bertz CT molecular complexity index is 934. The molecule has 26 heavy (non-hydrogen) atoms. The van der Waals surface area contributed by atoms with E-state index in [1.165, 1.54) is 24.3 Å². The molecule has 0 aliphatic rings. The number of carbonyl (C=O) groups excluding carboxylic acids is 1. The van der Waals surface area contributed by atoms with Crippen LogP contribution in [0.15, 0.2) is 70.0 Å². The maximum Gasteiger partial charge on any atom is 0.287 e. The summed E-state index contributed by atoms with van der Waals surface area (Å²) in [4.78, 5) is 12.7. The predicted octanol–water partition coefficient (Wildman–Crippen LogP) is 3.96. The molecule has 134 valence electrons. The van der Waals surface area contributed by atoms with Crippen LogP contribution < -0.4 is 5.32 Å². The monoisotopic (exact) mass is 371 g/mol. The lowest BCUT2D eigenvalue weighted by Gasteiger charge is -2.06. The van der Waals surface area contributed by atoms with E-state index < -0.39 is 10.8 Å². The number of rotatable bonds is 6. The fourth-order valence-electron chi connectivity index (χ4n) is 2.45. The van der Waals surface area contributed by atoms with E-state index in [0.29, 0.717) is 17.2 Å². The van der Waals surface area contributed by atoms with Crippen molar-refractivity contribution < 1.29 is 17.8 Å². The first-order chi connectivity index (χ1) is 12.5. The molecule has 0 spiro atoms. The highest BCUT2D eigenvalue weighted by atomic mass is 32.2. The summed E-state index contributed by atoms with van der Waals surface area (Å²) < 4.78 is 30.7. The molecule has 1 aromatic heterocycles. The molecule has 0 aliphatic carbocycles. The van der Waals surface area contributed by atoms with Gasteiger partial charge in [0.15, 0.2) is 5.76 Å². The highest BCUT2D eigenvalue weighted by Gasteiger charge is 2.14. The summed E-state index contributed by atoms with van der Waals surface area (Å²) in [6.45, 7) is 2.39. The van der Waals surface area contributed by atoms with Crippen molar-refractivity contribution in [2.75, 3.05) is 0 Å². The van der Waals surface area contributed by atoms with Crippen molar-refractivity contribution in [2.24, 2.45) is 0 Å². The fourth-order valence-corrected chi connectivity index (χ4v) is 3.47. The van der Waals surface area contributed by atoms with E-state index in [1.807, 2.05) is 31.2 Å². The zero-order valence-corrected chi connectivity index (χ0v) is 15.0. The smallest absolute Gasteiger partial charge is 0.287 e. The summed E-state index contributed by atoms with van der Waals surface area (Å²) in [6, 6.07) is 16.5. The van der Waals surface area contributed by atoms with E-state index in [-0.39, 0.29) is 23.2 Å². The van der Waals surface area contributed by atoms with Gasteiger partial charge < -0.3 is 9.73 Å². The quantitative estimate of drug-likeness (QED) is 0.713. The standard InChI is InChI=1S/C20H18FNO3S/c1-14-4-2-3-5-15(14)12-22-20(23)19-11-8-17(25-19)13-26(24)18-9-6-16(21)7-10-18/h2-11H,12-13H2,1H3,(H,22,23). The molecule has 1 heterocycles. The Kier molecular flexibility index (Phi) is 5.63. The van der Waals surface area contributed by atoms with Gasteiger partial charge >= 0.3 is 0 Å². The Morgan fingerprint density at radius 3 is 2.54 bits per heavy atom. The molecule has 1 unspecified atom stereocenters. The minimum absolute atomic E-state index is 0.122. The Morgan fingerprint density at radius 1 is 1.08 bits per heavy atom. The molecular weight excluding hydrogens is 353 g/mol. The Labute approximate surface area is 153 Å². The van der Waals surface area contributed by atoms with Crippen LogP contribution in [-0.4, -0.2) is 10.1 Å². The maximum atomic E-state index is 12.9. The van der Waals surface area contributed by atoms with E-state index in [0.717, 1.165) is 11.1 Å². The lowest BCUT2D eigenvalue weighted by molar-refractivity contribution is 0.0921. The lowest BCUT2D eigenvalue weighted by Crippen LogP contribution is -2.22. The van der Waals surface area contributed by atoms with Crippen molar-refractivity contribution in [2.45, 2.75) is 24.1 Å². The normalized spacial score (nSPS) is 11.9. The Balaban J connectivity index is 1.60. The van der Waals surface area contributed by atoms with Gasteiger partial charge in [-0.25, -0.2) is 4.39 Å². The third-order valence-electron chi connectivity index (χ3n) is 3.94. The molecule has 0 aliphatic heterocycles. The first-order valence-electron chi connectivity index (χ1n) is 8.08. The number of furan rings is 1. The Hall–Kier alpha value is -2.73. The van der Waals surface area contributed by atoms with Gasteiger partial charge in [-0.1, -0.05) is 24.3 Å². The molecule has 1 amide bonds. The zero-order valence-electron chi connectivity index (χ0n) is 14.2. The SMILES string of the molecule is Cc1ccccc1CNC(=O)c1ccc(CS(=O)c2ccc(F)cc2)o1. The maximum absolute atomic E-state index is 12.9. The van der Waals surface area contributed by atoms with Crippen LogP contribution in [0.4, 0.5) is 4.39 Å². The number of hydrogen-bond acceptors (Lipinski definition) is 3. The lowest BCUT2D eigenvalue weighted by atomic mass is 10.1. The van der Waals surface area contributed by atoms with Gasteiger partial charge in [0.25, 0.3) is 5.91 Å². The molecule has 0 bridgehead atoms. The molecule has 6 heteroatoms. The van der Waals surface area contributed by atoms with Crippen LogP contribution in [0.1, 0.15) is 27.4 Å². The summed E-state index contributed by atoms with van der Waals surface area (Å²) in [5.41, 5.74) is 2.13. The third kappa shape index (κ3) is 4.46. The Morgan fingerprint density at radius 2 is 1.81 bits per heavy atom. The molecule has 4 nitrogen and oxygen atoms in total. The largest absolute Gasteiger partial charge is 0.455 e. The molecule has 2 aromatic carbocycles. The second-order valence-corrected chi connectivity index (χ2v) is 7.27. The van der Waals surface area contributed by atoms with Gasteiger partial charge in [0.2, 0.25) is 0 Å². The van der Waals surface area contributed by atoms with Crippen LogP contribution in [0.25, 0.3) is 0 Å². The minimum Gasteiger partial charge on any atom is -0.455 e. The van der Waals surface area contributed by atoms with Crippen molar-refractivity contribution >= 4 is 16.7 Å². The van der Waals surface area contributed by atoms with Gasteiger partial charge in [0, 0.05) is 11.4 Å². The summed E-state index contributed by atoms with van der Waals surface area (Å²) in [5, 5.41) is 2.81. The van der Waals surface area contributed by atoms with Crippen molar-refractivity contribution in [3.05, 3.63) is 89.1 Å². The third-order valence-corrected chi connectivity index (χ3v) is 5.28. The average molecular weight is 371 g/mol. The number of aryl methyl sites for hydroxylation is 1. The number of benzene rings is 2. The number of nitrogens with one attached hydrogen (secondary N) is 1. The van der Waals surface area contributed by atoms with Crippen molar-refractivity contribution in [1.29, 1.82) is 0 Å². The first kappa shape index (κ1) is 18.1. The average Bonchev–Trinajstić information content (AvgIpc) is 3.10. The van der Waals surface area contributed by atoms with Gasteiger partial charge in [-0.05, 0) is 54.4 Å². The number of hydrogen-bond donors (Lipinski definition) is 1. The number of halogens is 1. The van der Waals surface area contributed by atoms with Crippen LogP contribution in [0, 0.1) is 12.7 Å². The van der Waals surface area contributed by atoms with Gasteiger partial charge in [0.1, 0.15) is 11.6 Å². The van der Waals surface area contributed by atoms with E-state index >= 15 is 0 Å². The van der Waals surface area contributed by atoms with Gasteiger partial charge in [-0.2, -0.15) is 0 Å². The van der Waals surface area contributed by atoms with Crippen LogP contribution in [0.3, 0.4) is 0 Å². The predicted molar refractivity (Wildman–Crippen MR) is 97.6 cm³/mol. The molecular formula is C20H18FNO3S. The molecule has 1 N–H and O–H groups in total. The van der Waals surface area contributed by atoms with Gasteiger partial charge in [0.05, 0.1) is 16.6 Å². The molecule has 0 saturated heterocycles. The molecule has 0 saturated carbocycles. The summed E-state index contributed by atoms with van der Waals surface area (Å²) in [5.74, 6) is 0.0262. The summed E-state index contributed by atoms with van der Waals surface area (Å²) in [6.07, 6.45) is 0. The summed E-state index contributed by atoms with van der Waals surface area (Å²) >= 11 is 0. The van der Waals surface area contributed by atoms with Crippen molar-refractivity contribution in [3.63, 3.8) is 0 Å². The second kappa shape index (κ2) is 8.10. The van der Waals surface area contributed by atoms with E-state index in [2.05, 4.69) is 5.32 Å². The molecule has 1 atom stereocenters. The van der Waals surface area contributed by atoms with Crippen LogP contribution in [0.2, 0.25) is 0 Å². The summed E-state index contributed by atoms with van der Waals surface area (Å²) in [7, 11) is -1.37. The van der Waals surface area contributed by atoms with E-state index in [4.69, 9.17) is 4.42 Å². The van der Waals surface area contributed by atoms with Crippen LogP contribution in [0.5, 0.6) is 0 Å². The second-order valence-electron chi connectivity index (χ2n) is 5.82. The fraction of sp³-hybridized carbons (Fsp3) is 0.150. The highest BCUT2D eigenvalue weighted by Crippen LogP contribution is 2.16. The number of amides is 1. The topological polar surface area (TPSA) is 59.3 Å². The van der Waals surface area contributed by atoms with Gasteiger partial charge in [-0.15, -0.1) is 0 Å². The first-order valence-corrected chi connectivity index (χ1v) is 9.40. The highest BCUT2D eigenvalue weighted by molar-refractivity contribution is 7.84. The number of carbonyl (C=O) groups is 1. The van der Waals surface area contributed by atoms with Gasteiger partial charge in [-0.3, -0.25) is 9.00 Å². The van der Waals surface area contributed by atoms with Crippen molar-refractivity contribution in [1.82, 2.24) is 5.32 Å². The van der Waals surface area contributed by atoms with E-state index in [9.17, 15) is 13.4 Å². The molecule has 3 rings (SSSR count). The zero-order chi connectivity index (χ0) is 18.5. The molecule has 0 radical (unpaired) electrons. The molecule has 3 aromatic rings. The van der Waals surface area contributed by atoms with Crippen molar-refractivity contribution in [3.8, 4) is 0 Å². The van der Waals surface area contributed by atoms with Crippen LogP contribution >= 0.6 is 0 Å². The minimum atomic E-state index is -1.37.